The number of H-pyrrole nitrogens is 1. The lowest BCUT2D eigenvalue weighted by Gasteiger charge is -2.17. The number of nitrogens with one attached hydrogen (secondary N) is 2. The lowest BCUT2D eigenvalue weighted by atomic mass is 10.1. The van der Waals surface area contributed by atoms with E-state index in [1.54, 1.807) is 0 Å². The number of hydrogen-bond donors (Lipinski definition) is 2. The number of hydrogen-bond acceptors (Lipinski definition) is 4. The zero-order chi connectivity index (χ0) is 14.4. The number of aromatic nitrogens is 3. The fourth-order valence-electron chi connectivity index (χ4n) is 1.91. The Kier molecular flexibility index (Phi) is 4.84. The van der Waals surface area contributed by atoms with Gasteiger partial charge in [-0.2, -0.15) is 10.1 Å². The molecule has 0 radical (unpaired) electrons. The standard InChI is InChI=1S/C14H19N5O/c1-3-19(4-2)9-11-5-7-12(8-6-11)13(20)17-14-15-10-16-18-14/h5-8,10H,3-4,9H2,1-2H3,(H2,15,16,17,18,20). The summed E-state index contributed by atoms with van der Waals surface area (Å²) in [6.07, 6.45) is 1.35. The van der Waals surface area contributed by atoms with Gasteiger partial charge in [-0.05, 0) is 30.8 Å². The molecule has 1 heterocycles. The van der Waals surface area contributed by atoms with Gasteiger partial charge in [0.2, 0.25) is 5.95 Å². The molecule has 0 bridgehead atoms. The van der Waals surface area contributed by atoms with Crippen molar-refractivity contribution < 1.29 is 4.79 Å². The molecular weight excluding hydrogens is 254 g/mol. The molecule has 0 unspecified atom stereocenters. The van der Waals surface area contributed by atoms with E-state index >= 15 is 0 Å². The second-order valence-electron chi connectivity index (χ2n) is 4.45. The maximum Gasteiger partial charge on any atom is 0.258 e. The summed E-state index contributed by atoms with van der Waals surface area (Å²) in [6.45, 7) is 7.22. The van der Waals surface area contributed by atoms with Gasteiger partial charge in [0, 0.05) is 12.1 Å². The van der Waals surface area contributed by atoms with Gasteiger partial charge in [-0.1, -0.05) is 26.0 Å². The van der Waals surface area contributed by atoms with E-state index in [4.69, 9.17) is 0 Å². The Bertz CT molecular complexity index is 531. The molecule has 2 rings (SSSR count). The smallest absolute Gasteiger partial charge is 0.258 e. The van der Waals surface area contributed by atoms with Crippen LogP contribution < -0.4 is 5.32 Å². The van der Waals surface area contributed by atoms with Crippen LogP contribution in [-0.4, -0.2) is 39.1 Å². The third-order valence-electron chi connectivity index (χ3n) is 3.16. The Balaban J connectivity index is 1.98. The van der Waals surface area contributed by atoms with Crippen molar-refractivity contribution in [2.75, 3.05) is 18.4 Å². The van der Waals surface area contributed by atoms with Crippen LogP contribution in [0.5, 0.6) is 0 Å². The summed E-state index contributed by atoms with van der Waals surface area (Å²) in [7, 11) is 0. The summed E-state index contributed by atoms with van der Waals surface area (Å²) in [5.74, 6) is 0.151. The molecule has 6 nitrogen and oxygen atoms in total. The summed E-state index contributed by atoms with van der Waals surface area (Å²) in [5, 5.41) is 8.91. The van der Waals surface area contributed by atoms with Gasteiger partial charge in [-0.3, -0.25) is 15.0 Å². The van der Waals surface area contributed by atoms with Crippen molar-refractivity contribution >= 4 is 11.9 Å². The molecule has 0 spiro atoms. The number of amides is 1. The second kappa shape index (κ2) is 6.81. The molecular formula is C14H19N5O. The highest BCUT2D eigenvalue weighted by molar-refractivity contribution is 6.03. The second-order valence-corrected chi connectivity index (χ2v) is 4.45. The van der Waals surface area contributed by atoms with Gasteiger partial charge in [0.25, 0.3) is 5.91 Å². The Morgan fingerprint density at radius 1 is 1.25 bits per heavy atom. The van der Waals surface area contributed by atoms with Gasteiger partial charge in [0.05, 0.1) is 0 Å². The van der Waals surface area contributed by atoms with Gasteiger partial charge in [-0.25, -0.2) is 5.10 Å². The van der Waals surface area contributed by atoms with Crippen LogP contribution >= 0.6 is 0 Å². The fourth-order valence-corrected chi connectivity index (χ4v) is 1.91. The molecule has 1 aromatic heterocycles. The van der Waals surface area contributed by atoms with E-state index < -0.39 is 0 Å². The summed E-state index contributed by atoms with van der Waals surface area (Å²) < 4.78 is 0. The largest absolute Gasteiger partial charge is 0.300 e. The highest BCUT2D eigenvalue weighted by Gasteiger charge is 2.08. The molecule has 6 heteroatoms. The maximum atomic E-state index is 11.9. The average molecular weight is 273 g/mol. The number of carbonyl (C=O) groups is 1. The molecule has 0 aliphatic carbocycles. The Morgan fingerprint density at radius 2 is 1.95 bits per heavy atom. The van der Waals surface area contributed by atoms with Gasteiger partial charge in [0.15, 0.2) is 0 Å². The topological polar surface area (TPSA) is 73.9 Å². The van der Waals surface area contributed by atoms with Crippen LogP contribution in [0.15, 0.2) is 30.6 Å². The Hall–Kier alpha value is -2.21. The van der Waals surface area contributed by atoms with Crippen LogP contribution in [-0.2, 0) is 6.54 Å². The molecule has 0 fully saturated rings. The number of benzene rings is 1. The van der Waals surface area contributed by atoms with Crippen molar-refractivity contribution in [1.82, 2.24) is 20.1 Å². The van der Waals surface area contributed by atoms with Gasteiger partial charge < -0.3 is 0 Å². The van der Waals surface area contributed by atoms with Crippen molar-refractivity contribution in [3.63, 3.8) is 0 Å². The van der Waals surface area contributed by atoms with E-state index in [9.17, 15) is 4.79 Å². The van der Waals surface area contributed by atoms with E-state index in [1.807, 2.05) is 24.3 Å². The Labute approximate surface area is 118 Å². The van der Waals surface area contributed by atoms with Crippen molar-refractivity contribution in [1.29, 1.82) is 0 Å². The molecule has 0 aliphatic heterocycles. The minimum absolute atomic E-state index is 0.198. The SMILES string of the molecule is CCN(CC)Cc1ccc(C(=O)Nc2ncn[nH]2)cc1. The first kappa shape index (κ1) is 14.2. The van der Waals surface area contributed by atoms with E-state index in [0.29, 0.717) is 11.5 Å². The quantitative estimate of drug-likeness (QED) is 0.843. The highest BCUT2D eigenvalue weighted by atomic mass is 16.1. The summed E-state index contributed by atoms with van der Waals surface area (Å²) in [5.41, 5.74) is 1.80. The third kappa shape index (κ3) is 3.64. The van der Waals surface area contributed by atoms with Gasteiger partial charge >= 0.3 is 0 Å². The van der Waals surface area contributed by atoms with Crippen LogP contribution in [0.1, 0.15) is 29.8 Å². The first-order chi connectivity index (χ1) is 9.72. The number of anilines is 1. The zero-order valence-electron chi connectivity index (χ0n) is 11.8. The van der Waals surface area contributed by atoms with E-state index in [2.05, 4.69) is 39.2 Å². The van der Waals surface area contributed by atoms with Crippen molar-refractivity contribution in [3.05, 3.63) is 41.7 Å². The number of rotatable bonds is 6. The van der Waals surface area contributed by atoms with Crippen molar-refractivity contribution in [2.24, 2.45) is 0 Å². The maximum absolute atomic E-state index is 11.9. The van der Waals surface area contributed by atoms with Crippen LogP contribution in [0.3, 0.4) is 0 Å². The lowest BCUT2D eigenvalue weighted by molar-refractivity contribution is 0.102. The molecule has 2 aromatic rings. The summed E-state index contributed by atoms with van der Waals surface area (Å²) in [4.78, 5) is 18.1. The number of carbonyl (C=O) groups excluding carboxylic acids is 1. The average Bonchev–Trinajstić information content (AvgIpc) is 2.98. The van der Waals surface area contributed by atoms with Gasteiger partial charge in [-0.15, -0.1) is 0 Å². The number of nitrogens with zero attached hydrogens (tertiary/aromatic N) is 3. The van der Waals surface area contributed by atoms with E-state index in [1.165, 1.54) is 11.9 Å². The number of aromatic amines is 1. The molecule has 2 N–H and O–H groups in total. The molecule has 0 aliphatic rings. The normalized spacial score (nSPS) is 10.8. The predicted molar refractivity (Wildman–Crippen MR) is 77.4 cm³/mol. The summed E-state index contributed by atoms with van der Waals surface area (Å²) in [6, 6.07) is 7.61. The molecule has 1 amide bonds. The minimum Gasteiger partial charge on any atom is -0.300 e. The van der Waals surface area contributed by atoms with Crippen LogP contribution in [0.25, 0.3) is 0 Å². The van der Waals surface area contributed by atoms with Crippen LogP contribution in [0.2, 0.25) is 0 Å². The van der Waals surface area contributed by atoms with Crippen molar-refractivity contribution in [3.8, 4) is 0 Å². The van der Waals surface area contributed by atoms with Crippen LogP contribution in [0, 0.1) is 0 Å². The summed E-state index contributed by atoms with van der Waals surface area (Å²) >= 11 is 0. The van der Waals surface area contributed by atoms with E-state index in [0.717, 1.165) is 19.6 Å². The molecule has 1 aromatic carbocycles. The Morgan fingerprint density at radius 3 is 2.50 bits per heavy atom. The lowest BCUT2D eigenvalue weighted by Crippen LogP contribution is -2.22. The van der Waals surface area contributed by atoms with Gasteiger partial charge in [0.1, 0.15) is 6.33 Å². The minimum atomic E-state index is -0.198. The molecule has 0 saturated carbocycles. The predicted octanol–water partition coefficient (Wildman–Crippen LogP) is 1.90. The first-order valence-corrected chi connectivity index (χ1v) is 6.71. The fraction of sp³-hybridized carbons (Fsp3) is 0.357. The molecule has 0 atom stereocenters. The first-order valence-electron chi connectivity index (χ1n) is 6.71. The third-order valence-corrected chi connectivity index (χ3v) is 3.16. The highest BCUT2D eigenvalue weighted by Crippen LogP contribution is 2.09. The van der Waals surface area contributed by atoms with Crippen LogP contribution in [0.4, 0.5) is 5.95 Å². The zero-order valence-corrected chi connectivity index (χ0v) is 11.8. The molecule has 20 heavy (non-hydrogen) atoms. The van der Waals surface area contributed by atoms with Crippen molar-refractivity contribution in [2.45, 2.75) is 20.4 Å². The molecule has 0 saturated heterocycles. The molecule has 106 valence electrons. The van der Waals surface area contributed by atoms with E-state index in [-0.39, 0.29) is 5.91 Å². The monoisotopic (exact) mass is 273 g/mol.